The summed E-state index contributed by atoms with van der Waals surface area (Å²) in [5.74, 6) is 0.184. The molecular formula is C21H32ClN7O2S. The Bertz CT molecular complexity index is 988. The largest absolute Gasteiger partial charge is 0.308 e. The van der Waals surface area contributed by atoms with Crippen molar-refractivity contribution >= 4 is 21.6 Å². The van der Waals surface area contributed by atoms with Crippen LogP contribution in [-0.4, -0.2) is 114 Å². The minimum Gasteiger partial charge on any atom is -0.308 e. The lowest BCUT2D eigenvalue weighted by atomic mass is 10.2. The van der Waals surface area contributed by atoms with Gasteiger partial charge in [0, 0.05) is 56.9 Å². The van der Waals surface area contributed by atoms with Gasteiger partial charge in [-0.1, -0.05) is 28.9 Å². The van der Waals surface area contributed by atoms with Crippen molar-refractivity contribution in [2.45, 2.75) is 19.1 Å². The van der Waals surface area contributed by atoms with Gasteiger partial charge in [-0.05, 0) is 31.8 Å². The van der Waals surface area contributed by atoms with E-state index < -0.39 is 10.0 Å². The molecule has 2 aromatic rings. The third-order valence-corrected chi connectivity index (χ3v) is 8.30. The number of nitrogens with zero attached hydrogens (tertiary/aromatic N) is 7. The Labute approximate surface area is 195 Å². The SMILES string of the molecule is CN(C)CCN1CCN(C2CN(Cc3cn(Cc4ccc(Cl)cc4)nn3)S(=O)(=O)C2)CC1. The van der Waals surface area contributed by atoms with E-state index in [1.165, 1.54) is 0 Å². The second kappa shape index (κ2) is 10.1. The maximum atomic E-state index is 12.8. The normalized spacial score (nSPS) is 22.7. The minimum atomic E-state index is -3.29. The Morgan fingerprint density at radius 1 is 1.09 bits per heavy atom. The van der Waals surface area contributed by atoms with Gasteiger partial charge in [0.2, 0.25) is 10.0 Å². The van der Waals surface area contributed by atoms with Crippen LogP contribution >= 0.6 is 11.6 Å². The molecule has 0 bridgehead atoms. The summed E-state index contributed by atoms with van der Waals surface area (Å²) in [5.41, 5.74) is 1.72. The summed E-state index contributed by atoms with van der Waals surface area (Å²) in [6.07, 6.45) is 1.82. The third-order valence-electron chi connectivity index (χ3n) is 6.18. The second-order valence-corrected chi connectivity index (χ2v) is 11.4. The fourth-order valence-electron chi connectivity index (χ4n) is 4.27. The van der Waals surface area contributed by atoms with Crippen molar-refractivity contribution in [2.24, 2.45) is 0 Å². The number of likely N-dealkylation sites (N-methyl/N-ethyl adjacent to an activating group) is 1. The summed E-state index contributed by atoms with van der Waals surface area (Å²) in [6.45, 7) is 7.26. The predicted octanol–water partition coefficient (Wildman–Crippen LogP) is 0.673. The Kier molecular flexibility index (Phi) is 7.48. The van der Waals surface area contributed by atoms with Crippen LogP contribution in [-0.2, 0) is 23.1 Å². The summed E-state index contributed by atoms with van der Waals surface area (Å²) in [5, 5.41) is 9.05. The highest BCUT2D eigenvalue weighted by molar-refractivity contribution is 7.89. The van der Waals surface area contributed by atoms with Crippen LogP contribution in [0.15, 0.2) is 30.5 Å². The molecule has 1 unspecified atom stereocenters. The van der Waals surface area contributed by atoms with Crippen LogP contribution < -0.4 is 0 Å². The van der Waals surface area contributed by atoms with Crippen molar-refractivity contribution in [3.05, 3.63) is 46.7 Å². The van der Waals surface area contributed by atoms with Gasteiger partial charge in [0.15, 0.2) is 0 Å². The van der Waals surface area contributed by atoms with E-state index in [0.717, 1.165) is 44.8 Å². The van der Waals surface area contributed by atoms with Gasteiger partial charge in [0.05, 0.1) is 30.7 Å². The van der Waals surface area contributed by atoms with E-state index in [1.807, 2.05) is 30.5 Å². The van der Waals surface area contributed by atoms with Crippen LogP contribution in [0.3, 0.4) is 0 Å². The van der Waals surface area contributed by atoms with E-state index in [0.29, 0.717) is 23.8 Å². The fourth-order valence-corrected chi connectivity index (χ4v) is 6.14. The van der Waals surface area contributed by atoms with Crippen molar-refractivity contribution in [2.75, 3.05) is 65.7 Å². The van der Waals surface area contributed by atoms with E-state index in [2.05, 4.69) is 39.1 Å². The zero-order valence-corrected chi connectivity index (χ0v) is 20.3. The maximum absolute atomic E-state index is 12.8. The molecule has 0 spiro atoms. The highest BCUT2D eigenvalue weighted by Crippen LogP contribution is 2.22. The van der Waals surface area contributed by atoms with Crippen molar-refractivity contribution in [3.63, 3.8) is 0 Å². The average molecular weight is 482 g/mol. The van der Waals surface area contributed by atoms with Crippen molar-refractivity contribution in [1.82, 2.24) is 34.0 Å². The quantitative estimate of drug-likeness (QED) is 0.548. The van der Waals surface area contributed by atoms with E-state index in [1.54, 1.807) is 8.99 Å². The fraction of sp³-hybridized carbons (Fsp3) is 0.619. The van der Waals surface area contributed by atoms with Gasteiger partial charge in [-0.25, -0.2) is 13.1 Å². The molecular weight excluding hydrogens is 450 g/mol. The van der Waals surface area contributed by atoms with Gasteiger partial charge in [-0.2, -0.15) is 4.31 Å². The van der Waals surface area contributed by atoms with Gasteiger partial charge in [-0.3, -0.25) is 9.80 Å². The first-order valence-corrected chi connectivity index (χ1v) is 13.0. The molecule has 1 aromatic heterocycles. The summed E-state index contributed by atoms with van der Waals surface area (Å²) in [6, 6.07) is 7.61. The van der Waals surface area contributed by atoms with E-state index in [-0.39, 0.29) is 18.3 Å². The molecule has 0 N–H and O–H groups in total. The predicted molar refractivity (Wildman–Crippen MR) is 125 cm³/mol. The first-order valence-electron chi connectivity index (χ1n) is 11.0. The lowest BCUT2D eigenvalue weighted by Gasteiger charge is -2.37. The number of halogens is 1. The first-order chi connectivity index (χ1) is 15.3. The molecule has 0 aliphatic carbocycles. The highest BCUT2D eigenvalue weighted by Gasteiger charge is 2.40. The van der Waals surface area contributed by atoms with E-state index in [9.17, 15) is 8.42 Å². The molecule has 2 aliphatic rings. The van der Waals surface area contributed by atoms with Crippen molar-refractivity contribution in [1.29, 1.82) is 0 Å². The first kappa shape index (κ1) is 23.6. The van der Waals surface area contributed by atoms with E-state index >= 15 is 0 Å². The number of aromatic nitrogens is 3. The molecule has 32 heavy (non-hydrogen) atoms. The van der Waals surface area contributed by atoms with Gasteiger partial charge >= 0.3 is 0 Å². The zero-order valence-electron chi connectivity index (χ0n) is 18.8. The Hall–Kier alpha value is -1.56. The van der Waals surface area contributed by atoms with Gasteiger partial charge < -0.3 is 4.90 Å². The monoisotopic (exact) mass is 481 g/mol. The number of benzene rings is 1. The molecule has 0 saturated carbocycles. The number of sulfonamides is 1. The summed E-state index contributed by atoms with van der Waals surface area (Å²) in [4.78, 5) is 6.98. The van der Waals surface area contributed by atoms with Crippen molar-refractivity contribution in [3.8, 4) is 0 Å². The molecule has 2 aliphatic heterocycles. The van der Waals surface area contributed by atoms with Gasteiger partial charge in [0.25, 0.3) is 0 Å². The summed E-state index contributed by atoms with van der Waals surface area (Å²) in [7, 11) is 0.882. The molecule has 9 nitrogen and oxygen atoms in total. The molecule has 2 fully saturated rings. The lowest BCUT2D eigenvalue weighted by molar-refractivity contribution is 0.0964. The number of rotatable bonds is 8. The molecule has 2 saturated heterocycles. The molecule has 3 heterocycles. The standard InChI is InChI=1S/C21H32ClN7O2S/c1-25(2)7-8-26-9-11-27(12-10-26)21-16-29(32(30,31)17-21)15-20-14-28(24-23-20)13-18-3-5-19(22)6-4-18/h3-6,14,21H,7-13,15-17H2,1-2H3. The smallest absolute Gasteiger partial charge is 0.216 e. The molecule has 11 heteroatoms. The van der Waals surface area contributed by atoms with E-state index in [4.69, 9.17) is 11.6 Å². The van der Waals surface area contributed by atoms with Crippen LogP contribution in [0.4, 0.5) is 0 Å². The lowest BCUT2D eigenvalue weighted by Crippen LogP contribution is -2.52. The van der Waals surface area contributed by atoms with Crippen LogP contribution in [0.2, 0.25) is 5.02 Å². The van der Waals surface area contributed by atoms with Crippen LogP contribution in [0, 0.1) is 0 Å². The Morgan fingerprint density at radius 2 is 1.81 bits per heavy atom. The summed E-state index contributed by atoms with van der Waals surface area (Å²) >= 11 is 5.94. The Balaban J connectivity index is 1.30. The molecule has 4 rings (SSSR count). The second-order valence-electron chi connectivity index (χ2n) is 8.94. The van der Waals surface area contributed by atoms with Crippen LogP contribution in [0.5, 0.6) is 0 Å². The zero-order chi connectivity index (χ0) is 22.7. The van der Waals surface area contributed by atoms with Crippen LogP contribution in [0.1, 0.15) is 11.3 Å². The third kappa shape index (κ3) is 6.06. The molecule has 1 atom stereocenters. The molecule has 176 valence electrons. The topological polar surface area (TPSA) is 77.8 Å². The number of hydrogen-bond donors (Lipinski definition) is 0. The Morgan fingerprint density at radius 3 is 2.50 bits per heavy atom. The minimum absolute atomic E-state index is 0.0418. The van der Waals surface area contributed by atoms with Crippen molar-refractivity contribution < 1.29 is 8.42 Å². The molecule has 0 radical (unpaired) electrons. The maximum Gasteiger partial charge on any atom is 0.216 e. The molecule has 0 amide bonds. The summed E-state index contributed by atoms with van der Waals surface area (Å²) < 4.78 is 28.9. The van der Waals surface area contributed by atoms with Gasteiger partial charge in [0.1, 0.15) is 0 Å². The average Bonchev–Trinajstić information content (AvgIpc) is 3.32. The molecule has 1 aromatic carbocycles. The number of piperazine rings is 1. The van der Waals surface area contributed by atoms with Gasteiger partial charge in [-0.15, -0.1) is 5.10 Å². The highest BCUT2D eigenvalue weighted by atomic mass is 35.5. The number of hydrogen-bond acceptors (Lipinski definition) is 7. The van der Waals surface area contributed by atoms with Crippen LogP contribution in [0.25, 0.3) is 0 Å².